The number of rotatable bonds is 7. The van der Waals surface area contributed by atoms with Crippen LogP contribution in [0.3, 0.4) is 0 Å². The monoisotopic (exact) mass is 352 g/mol. The highest BCUT2D eigenvalue weighted by molar-refractivity contribution is 5.82. The van der Waals surface area contributed by atoms with E-state index < -0.39 is 29.6 Å². The van der Waals surface area contributed by atoms with E-state index in [0.717, 1.165) is 0 Å². The normalized spacial score (nSPS) is 22.8. The Kier molecular flexibility index (Phi) is 6.30. The van der Waals surface area contributed by atoms with Gasteiger partial charge in [-0.3, -0.25) is 23.9 Å². The summed E-state index contributed by atoms with van der Waals surface area (Å²) in [5, 5.41) is 0. The standard InChI is InChI=1S/C17H24N2O6/c1-4-11(20)6-7-15(21)25-13-8-14(24-12(13)5-2)19-9-10(3)16(22)18-17(19)23/h9,12-14H,4-8H2,1-3H3,(H,18,22,23)/t12-,13?,14-/m1/s1. The minimum atomic E-state index is -0.608. The first-order valence-corrected chi connectivity index (χ1v) is 8.54. The number of aromatic nitrogens is 2. The van der Waals surface area contributed by atoms with Crippen molar-refractivity contribution in [3.8, 4) is 0 Å². The van der Waals surface area contributed by atoms with Crippen molar-refractivity contribution < 1.29 is 19.1 Å². The molecule has 0 bridgehead atoms. The molecule has 2 heterocycles. The minimum Gasteiger partial charge on any atom is -0.459 e. The highest BCUT2D eigenvalue weighted by atomic mass is 16.6. The molecule has 0 spiro atoms. The van der Waals surface area contributed by atoms with E-state index in [2.05, 4.69) is 4.98 Å². The van der Waals surface area contributed by atoms with E-state index in [1.165, 1.54) is 10.8 Å². The Balaban J connectivity index is 2.06. The Hall–Kier alpha value is -2.22. The molecule has 1 fully saturated rings. The highest BCUT2D eigenvalue weighted by Crippen LogP contribution is 2.31. The number of Topliss-reactive ketones (excluding diaryl/α,β-unsaturated/α-hetero) is 1. The molecule has 1 aromatic heterocycles. The van der Waals surface area contributed by atoms with Crippen LogP contribution in [0.4, 0.5) is 0 Å². The lowest BCUT2D eigenvalue weighted by Crippen LogP contribution is -2.33. The van der Waals surface area contributed by atoms with Crippen LogP contribution in [0.1, 0.15) is 57.7 Å². The summed E-state index contributed by atoms with van der Waals surface area (Å²) in [5.41, 5.74) is -0.597. The van der Waals surface area contributed by atoms with Crippen LogP contribution in [-0.2, 0) is 19.1 Å². The molecular formula is C17H24N2O6. The van der Waals surface area contributed by atoms with Gasteiger partial charge in [0.1, 0.15) is 18.1 Å². The number of carbonyl (C=O) groups is 2. The molecule has 3 atom stereocenters. The second-order valence-corrected chi connectivity index (χ2v) is 6.17. The van der Waals surface area contributed by atoms with Crippen molar-refractivity contribution in [1.82, 2.24) is 9.55 Å². The van der Waals surface area contributed by atoms with Crippen LogP contribution in [0.15, 0.2) is 15.8 Å². The molecule has 1 saturated heterocycles. The number of H-pyrrole nitrogens is 1. The molecular weight excluding hydrogens is 328 g/mol. The van der Waals surface area contributed by atoms with Crippen molar-refractivity contribution in [2.24, 2.45) is 0 Å². The van der Waals surface area contributed by atoms with Gasteiger partial charge in [0.2, 0.25) is 0 Å². The lowest BCUT2D eigenvalue weighted by atomic mass is 10.1. The number of hydrogen-bond donors (Lipinski definition) is 1. The van der Waals surface area contributed by atoms with Crippen molar-refractivity contribution in [3.63, 3.8) is 0 Å². The molecule has 8 nitrogen and oxygen atoms in total. The third-order valence-corrected chi connectivity index (χ3v) is 4.32. The molecule has 0 amide bonds. The van der Waals surface area contributed by atoms with Gasteiger partial charge in [0.05, 0.1) is 12.5 Å². The zero-order valence-electron chi connectivity index (χ0n) is 14.7. The molecule has 1 N–H and O–H groups in total. The molecule has 1 aliphatic heterocycles. The molecule has 1 aromatic rings. The number of nitrogens with zero attached hydrogens (tertiary/aromatic N) is 1. The summed E-state index contributed by atoms with van der Waals surface area (Å²) in [6.07, 6.45) is 1.55. The Morgan fingerprint density at radius 1 is 1.32 bits per heavy atom. The predicted molar refractivity (Wildman–Crippen MR) is 89.3 cm³/mol. The van der Waals surface area contributed by atoms with Gasteiger partial charge >= 0.3 is 11.7 Å². The van der Waals surface area contributed by atoms with Gasteiger partial charge < -0.3 is 9.47 Å². The van der Waals surface area contributed by atoms with E-state index in [-0.39, 0.29) is 24.7 Å². The van der Waals surface area contributed by atoms with E-state index >= 15 is 0 Å². The third-order valence-electron chi connectivity index (χ3n) is 4.32. The fourth-order valence-electron chi connectivity index (χ4n) is 2.80. The molecule has 1 aliphatic rings. The Morgan fingerprint density at radius 2 is 2.04 bits per heavy atom. The second-order valence-electron chi connectivity index (χ2n) is 6.17. The maximum Gasteiger partial charge on any atom is 0.330 e. The molecule has 0 radical (unpaired) electrons. The Morgan fingerprint density at radius 3 is 2.68 bits per heavy atom. The van der Waals surface area contributed by atoms with E-state index in [1.54, 1.807) is 13.8 Å². The molecule has 2 rings (SSSR count). The largest absolute Gasteiger partial charge is 0.459 e. The first kappa shape index (κ1) is 19.1. The first-order chi connectivity index (χ1) is 11.8. The molecule has 0 aliphatic carbocycles. The second kappa shape index (κ2) is 8.24. The van der Waals surface area contributed by atoms with E-state index in [1.807, 2.05) is 6.92 Å². The maximum absolute atomic E-state index is 12.0. The van der Waals surface area contributed by atoms with Crippen molar-refractivity contribution in [3.05, 3.63) is 32.6 Å². The van der Waals surface area contributed by atoms with Gasteiger partial charge in [-0.15, -0.1) is 0 Å². The van der Waals surface area contributed by atoms with Crippen molar-refractivity contribution in [1.29, 1.82) is 0 Å². The van der Waals surface area contributed by atoms with Crippen LogP contribution < -0.4 is 11.2 Å². The highest BCUT2D eigenvalue weighted by Gasteiger charge is 2.38. The third kappa shape index (κ3) is 4.66. The molecule has 138 valence electrons. The van der Waals surface area contributed by atoms with E-state index in [9.17, 15) is 19.2 Å². The number of ether oxygens (including phenoxy) is 2. The minimum absolute atomic E-state index is 0.0137. The quantitative estimate of drug-likeness (QED) is 0.739. The lowest BCUT2D eigenvalue weighted by molar-refractivity contribution is -0.152. The van der Waals surface area contributed by atoms with Crippen LogP contribution in [0.5, 0.6) is 0 Å². The molecule has 1 unspecified atom stereocenters. The summed E-state index contributed by atoms with van der Waals surface area (Å²) in [7, 11) is 0. The molecule has 8 heteroatoms. The topological polar surface area (TPSA) is 107 Å². The van der Waals surface area contributed by atoms with Crippen LogP contribution in [0, 0.1) is 6.92 Å². The summed E-state index contributed by atoms with van der Waals surface area (Å²) in [6, 6.07) is 0. The zero-order chi connectivity index (χ0) is 18.6. The number of nitrogens with one attached hydrogen (secondary N) is 1. The van der Waals surface area contributed by atoms with Crippen LogP contribution in [0.2, 0.25) is 0 Å². The van der Waals surface area contributed by atoms with E-state index in [0.29, 0.717) is 24.8 Å². The summed E-state index contributed by atoms with van der Waals surface area (Å²) < 4.78 is 12.6. The number of ketones is 1. The number of aromatic amines is 1. The SMILES string of the molecule is CCC(=O)CCC(=O)OC1C[C@H](n2cc(C)c(=O)[nH]c2=O)O[C@@H]1CC. The van der Waals surface area contributed by atoms with Crippen molar-refractivity contribution >= 4 is 11.8 Å². The Labute approximate surface area is 145 Å². The predicted octanol–water partition coefficient (Wildman–Crippen LogP) is 1.21. The fraction of sp³-hybridized carbons (Fsp3) is 0.647. The van der Waals surface area contributed by atoms with Gasteiger partial charge in [-0.25, -0.2) is 4.79 Å². The average molecular weight is 352 g/mol. The summed E-state index contributed by atoms with van der Waals surface area (Å²) in [5.74, 6) is -0.431. The Bertz CT molecular complexity index is 750. The van der Waals surface area contributed by atoms with Crippen molar-refractivity contribution in [2.75, 3.05) is 0 Å². The van der Waals surface area contributed by atoms with Gasteiger partial charge in [-0.2, -0.15) is 0 Å². The number of hydrogen-bond acceptors (Lipinski definition) is 6. The average Bonchev–Trinajstić information content (AvgIpc) is 2.98. The van der Waals surface area contributed by atoms with Gasteiger partial charge in [-0.05, 0) is 13.3 Å². The summed E-state index contributed by atoms with van der Waals surface area (Å²) in [4.78, 5) is 49.0. The van der Waals surface area contributed by atoms with Crippen LogP contribution in [0.25, 0.3) is 0 Å². The smallest absolute Gasteiger partial charge is 0.330 e. The molecule has 0 aromatic carbocycles. The zero-order valence-corrected chi connectivity index (χ0v) is 14.7. The number of aryl methyl sites for hydroxylation is 1. The lowest BCUT2D eigenvalue weighted by Gasteiger charge is -2.17. The van der Waals surface area contributed by atoms with Crippen molar-refractivity contribution in [2.45, 2.75) is 71.3 Å². The summed E-state index contributed by atoms with van der Waals surface area (Å²) in [6.45, 7) is 5.25. The first-order valence-electron chi connectivity index (χ1n) is 8.54. The fourth-order valence-corrected chi connectivity index (χ4v) is 2.80. The number of esters is 1. The summed E-state index contributed by atoms with van der Waals surface area (Å²) >= 11 is 0. The molecule has 25 heavy (non-hydrogen) atoms. The number of carbonyl (C=O) groups excluding carboxylic acids is 2. The molecule has 0 saturated carbocycles. The van der Waals surface area contributed by atoms with Crippen LogP contribution >= 0.6 is 0 Å². The van der Waals surface area contributed by atoms with Gasteiger partial charge in [-0.1, -0.05) is 13.8 Å². The van der Waals surface area contributed by atoms with Gasteiger partial charge in [0.25, 0.3) is 5.56 Å². The van der Waals surface area contributed by atoms with E-state index in [4.69, 9.17) is 9.47 Å². The maximum atomic E-state index is 12.0. The van der Waals surface area contributed by atoms with Crippen LogP contribution in [-0.4, -0.2) is 33.5 Å². The van der Waals surface area contributed by atoms with Gasteiger partial charge in [0, 0.05) is 31.0 Å². The van der Waals surface area contributed by atoms with Gasteiger partial charge in [0.15, 0.2) is 0 Å².